The predicted molar refractivity (Wildman–Crippen MR) is 82.2 cm³/mol. The van der Waals surface area contributed by atoms with Gasteiger partial charge in [0.2, 0.25) is 5.95 Å². The van der Waals surface area contributed by atoms with Crippen molar-refractivity contribution in [3.8, 4) is 0 Å². The molecule has 122 valence electrons. The molecule has 3 rings (SSSR count). The highest BCUT2D eigenvalue weighted by Gasteiger charge is 2.34. The lowest BCUT2D eigenvalue weighted by Crippen LogP contribution is -2.15. The van der Waals surface area contributed by atoms with Crippen LogP contribution in [0, 0.1) is 6.92 Å². The van der Waals surface area contributed by atoms with Crippen LogP contribution < -0.4 is 10.6 Å². The number of alkyl halides is 3. The Morgan fingerprint density at radius 2 is 1.91 bits per heavy atom. The molecule has 2 N–H and O–H groups in total. The largest absolute Gasteiger partial charge is 0.433 e. The second-order valence-electron chi connectivity index (χ2n) is 5.66. The maximum atomic E-state index is 13.0. The SMILES string of the molecule is Cc1ccccc1CNc1cc(C(F)(F)F)nc(NC2CC2)n1. The number of nitrogens with one attached hydrogen (secondary N) is 2. The van der Waals surface area contributed by atoms with Crippen molar-refractivity contribution in [2.24, 2.45) is 0 Å². The van der Waals surface area contributed by atoms with Crippen LogP contribution in [0.15, 0.2) is 30.3 Å². The van der Waals surface area contributed by atoms with Crippen molar-refractivity contribution < 1.29 is 13.2 Å². The Kier molecular flexibility index (Phi) is 4.11. The Bertz CT molecular complexity index is 696. The van der Waals surface area contributed by atoms with Gasteiger partial charge in [0, 0.05) is 18.7 Å². The lowest BCUT2D eigenvalue weighted by molar-refractivity contribution is -0.141. The summed E-state index contributed by atoms with van der Waals surface area (Å²) in [7, 11) is 0. The number of hydrogen-bond acceptors (Lipinski definition) is 4. The molecule has 0 saturated heterocycles. The number of aromatic nitrogens is 2. The quantitative estimate of drug-likeness (QED) is 0.874. The van der Waals surface area contributed by atoms with Crippen molar-refractivity contribution in [3.05, 3.63) is 47.2 Å². The molecule has 1 heterocycles. The second-order valence-corrected chi connectivity index (χ2v) is 5.66. The van der Waals surface area contributed by atoms with Gasteiger partial charge in [0.25, 0.3) is 0 Å². The molecule has 4 nitrogen and oxygen atoms in total. The minimum Gasteiger partial charge on any atom is -0.366 e. The van der Waals surface area contributed by atoms with Crippen molar-refractivity contribution in [1.82, 2.24) is 9.97 Å². The first-order valence-electron chi connectivity index (χ1n) is 7.43. The van der Waals surface area contributed by atoms with Gasteiger partial charge in [0.15, 0.2) is 5.69 Å². The molecule has 0 amide bonds. The highest BCUT2D eigenvalue weighted by Crippen LogP contribution is 2.31. The van der Waals surface area contributed by atoms with Gasteiger partial charge in [-0.1, -0.05) is 24.3 Å². The molecule has 0 unspecified atom stereocenters. The van der Waals surface area contributed by atoms with Crippen LogP contribution in [0.25, 0.3) is 0 Å². The van der Waals surface area contributed by atoms with Crippen molar-refractivity contribution in [1.29, 1.82) is 0 Å². The summed E-state index contributed by atoms with van der Waals surface area (Å²) in [6.45, 7) is 2.36. The van der Waals surface area contributed by atoms with Gasteiger partial charge in [-0.25, -0.2) is 4.98 Å². The Balaban J connectivity index is 1.80. The Hall–Kier alpha value is -2.31. The average Bonchev–Trinajstić information content (AvgIpc) is 3.29. The average molecular weight is 322 g/mol. The molecule has 0 atom stereocenters. The number of aryl methyl sites for hydroxylation is 1. The van der Waals surface area contributed by atoms with Crippen molar-refractivity contribution in [3.63, 3.8) is 0 Å². The number of halogens is 3. The Morgan fingerprint density at radius 1 is 1.17 bits per heavy atom. The third kappa shape index (κ3) is 4.12. The van der Waals surface area contributed by atoms with Crippen LogP contribution in [0.2, 0.25) is 0 Å². The molecule has 1 aliphatic rings. The molecule has 7 heteroatoms. The van der Waals surface area contributed by atoms with E-state index in [9.17, 15) is 13.2 Å². The van der Waals surface area contributed by atoms with Crippen LogP contribution >= 0.6 is 0 Å². The fraction of sp³-hybridized carbons (Fsp3) is 0.375. The van der Waals surface area contributed by atoms with Gasteiger partial charge < -0.3 is 10.6 Å². The third-order valence-corrected chi connectivity index (χ3v) is 3.65. The number of nitrogens with zero attached hydrogens (tertiary/aromatic N) is 2. The van der Waals surface area contributed by atoms with Crippen LogP contribution in [0.3, 0.4) is 0 Å². The zero-order chi connectivity index (χ0) is 16.4. The fourth-order valence-electron chi connectivity index (χ4n) is 2.15. The van der Waals surface area contributed by atoms with E-state index in [1.807, 2.05) is 31.2 Å². The van der Waals surface area contributed by atoms with E-state index in [1.54, 1.807) is 0 Å². The maximum Gasteiger partial charge on any atom is 0.433 e. The van der Waals surface area contributed by atoms with E-state index in [2.05, 4.69) is 20.6 Å². The van der Waals surface area contributed by atoms with E-state index in [0.29, 0.717) is 6.54 Å². The van der Waals surface area contributed by atoms with Crippen LogP contribution in [0.5, 0.6) is 0 Å². The van der Waals surface area contributed by atoms with E-state index in [-0.39, 0.29) is 17.8 Å². The van der Waals surface area contributed by atoms with Crippen molar-refractivity contribution in [2.45, 2.75) is 38.5 Å². The molecule has 2 aromatic rings. The number of rotatable bonds is 5. The summed E-state index contributed by atoms with van der Waals surface area (Å²) in [6.07, 6.45) is -2.63. The minimum atomic E-state index is -4.50. The molecular formula is C16H17F3N4. The topological polar surface area (TPSA) is 49.8 Å². The molecule has 1 aromatic heterocycles. The monoisotopic (exact) mass is 322 g/mol. The van der Waals surface area contributed by atoms with Gasteiger partial charge in [-0.3, -0.25) is 0 Å². The molecule has 0 bridgehead atoms. The van der Waals surface area contributed by atoms with Crippen molar-refractivity contribution in [2.75, 3.05) is 10.6 Å². The highest BCUT2D eigenvalue weighted by molar-refractivity contribution is 5.45. The zero-order valence-corrected chi connectivity index (χ0v) is 12.6. The number of hydrogen-bond donors (Lipinski definition) is 2. The van der Waals surface area contributed by atoms with E-state index < -0.39 is 11.9 Å². The lowest BCUT2D eigenvalue weighted by atomic mass is 10.1. The van der Waals surface area contributed by atoms with Gasteiger partial charge in [-0.15, -0.1) is 0 Å². The molecule has 0 aliphatic heterocycles. The van der Waals surface area contributed by atoms with Crippen LogP contribution in [-0.4, -0.2) is 16.0 Å². The summed E-state index contributed by atoms with van der Waals surface area (Å²) in [5.74, 6) is 0.188. The smallest absolute Gasteiger partial charge is 0.366 e. The van der Waals surface area contributed by atoms with Crippen LogP contribution in [0.4, 0.5) is 24.9 Å². The maximum absolute atomic E-state index is 13.0. The lowest BCUT2D eigenvalue weighted by Gasteiger charge is -2.13. The summed E-state index contributed by atoms with van der Waals surface area (Å²) in [4.78, 5) is 7.71. The van der Waals surface area contributed by atoms with Gasteiger partial charge >= 0.3 is 6.18 Å². The first-order chi connectivity index (χ1) is 10.9. The predicted octanol–water partition coefficient (Wildman–Crippen LogP) is 3.99. The zero-order valence-electron chi connectivity index (χ0n) is 12.6. The van der Waals surface area contributed by atoms with Gasteiger partial charge in [-0.05, 0) is 30.9 Å². The van der Waals surface area contributed by atoms with Crippen molar-refractivity contribution >= 4 is 11.8 Å². The van der Waals surface area contributed by atoms with Crippen LogP contribution in [-0.2, 0) is 12.7 Å². The Labute approximate surface area is 132 Å². The first-order valence-corrected chi connectivity index (χ1v) is 7.43. The molecule has 0 spiro atoms. The summed E-state index contributed by atoms with van der Waals surface area (Å²) >= 11 is 0. The minimum absolute atomic E-state index is 0.0228. The van der Waals surface area contributed by atoms with Gasteiger partial charge in [0.05, 0.1) is 0 Å². The van der Waals surface area contributed by atoms with E-state index in [1.165, 1.54) is 0 Å². The molecule has 0 radical (unpaired) electrons. The summed E-state index contributed by atoms with van der Waals surface area (Å²) in [5.41, 5.74) is 1.14. The second kappa shape index (κ2) is 6.06. The Morgan fingerprint density at radius 3 is 2.57 bits per heavy atom. The molecule has 1 aliphatic carbocycles. The molecule has 1 fully saturated rings. The van der Waals surface area contributed by atoms with Crippen LogP contribution in [0.1, 0.15) is 29.7 Å². The normalized spacial score (nSPS) is 14.6. The molecule has 1 aromatic carbocycles. The summed E-state index contributed by atoms with van der Waals surface area (Å²) < 4.78 is 38.9. The van der Waals surface area contributed by atoms with Gasteiger partial charge in [0.1, 0.15) is 5.82 Å². The van der Waals surface area contributed by atoms with Gasteiger partial charge in [-0.2, -0.15) is 18.2 Å². The summed E-state index contributed by atoms with van der Waals surface area (Å²) in [5, 5.41) is 5.87. The summed E-state index contributed by atoms with van der Waals surface area (Å²) in [6, 6.07) is 8.82. The molecule has 23 heavy (non-hydrogen) atoms. The molecule has 1 saturated carbocycles. The number of benzene rings is 1. The van der Waals surface area contributed by atoms with E-state index >= 15 is 0 Å². The van der Waals surface area contributed by atoms with E-state index in [4.69, 9.17) is 0 Å². The highest BCUT2D eigenvalue weighted by atomic mass is 19.4. The molecular weight excluding hydrogens is 305 g/mol. The fourth-order valence-corrected chi connectivity index (χ4v) is 2.15. The first kappa shape index (κ1) is 15.6. The van der Waals surface area contributed by atoms with E-state index in [0.717, 1.165) is 30.0 Å². The third-order valence-electron chi connectivity index (χ3n) is 3.65. The standard InChI is InChI=1S/C16H17F3N4/c1-10-4-2-3-5-11(10)9-20-14-8-13(16(17,18)19)22-15(23-14)21-12-6-7-12/h2-5,8,12H,6-7,9H2,1H3,(H2,20,21,22,23). The number of anilines is 2.